The van der Waals surface area contributed by atoms with Crippen LogP contribution >= 0.6 is 22.7 Å². The van der Waals surface area contributed by atoms with Crippen molar-refractivity contribution in [1.82, 2.24) is 24.1 Å². The average Bonchev–Trinajstić information content (AvgIpc) is 4.08. The summed E-state index contributed by atoms with van der Waals surface area (Å²) in [5.74, 6) is 1.85. The first-order valence-electron chi connectivity index (χ1n) is 20.8. The summed E-state index contributed by atoms with van der Waals surface area (Å²) < 4.78 is 9.42. The van der Waals surface area contributed by atoms with Crippen molar-refractivity contribution in [3.63, 3.8) is 0 Å². The van der Waals surface area contributed by atoms with E-state index in [0.717, 1.165) is 59.1 Å². The maximum atomic E-state index is 5.63. The molecule has 0 fully saturated rings. The molecule has 9 aromatic carbocycles. The average molecular weight is 826 g/mol. The lowest BCUT2D eigenvalue weighted by Crippen LogP contribution is -2.08. The smallest absolute Gasteiger partial charge is 0.238 e. The minimum atomic E-state index is 0.581. The highest BCUT2D eigenvalue weighted by Crippen LogP contribution is 2.46. The number of aromatic nitrogens is 5. The standard InChI is InChI=1S/C55H31N5S2/c1-2-15-33-31-47-42(30-32(33)14-1)36-18-5-8-23-43(36)59(47)46-29-28-40-38-20-7-12-27-49(38)62-52(40)50(46)54-56-53(41-22-13-21-39-37-19-6-11-26-48(37)61-51(39)41)57-55(58-54)60-44-24-9-3-16-34(44)35-17-4-10-25-45(35)60/h1-31H. The van der Waals surface area contributed by atoms with Crippen molar-refractivity contribution < 1.29 is 0 Å². The molecule has 5 nitrogen and oxygen atoms in total. The number of benzene rings is 9. The minimum absolute atomic E-state index is 0.581. The molecule has 5 aromatic heterocycles. The van der Waals surface area contributed by atoms with Gasteiger partial charge in [0.05, 0.1) is 33.3 Å². The van der Waals surface area contributed by atoms with Gasteiger partial charge in [0, 0.05) is 67.5 Å². The van der Waals surface area contributed by atoms with Gasteiger partial charge in [0.25, 0.3) is 0 Å². The van der Waals surface area contributed by atoms with E-state index >= 15 is 0 Å². The number of para-hydroxylation sites is 3. The molecule has 288 valence electrons. The molecule has 0 saturated carbocycles. The van der Waals surface area contributed by atoms with E-state index in [1.54, 1.807) is 22.7 Å². The third-order valence-electron chi connectivity index (χ3n) is 12.6. The Balaban J connectivity index is 1.16. The van der Waals surface area contributed by atoms with E-state index < -0.39 is 0 Å². The van der Waals surface area contributed by atoms with E-state index in [-0.39, 0.29) is 0 Å². The summed E-state index contributed by atoms with van der Waals surface area (Å²) in [7, 11) is 0. The Morgan fingerprint density at radius 3 is 1.55 bits per heavy atom. The van der Waals surface area contributed by atoms with Crippen molar-refractivity contribution in [2.24, 2.45) is 0 Å². The Morgan fingerprint density at radius 2 is 0.855 bits per heavy atom. The molecule has 0 radical (unpaired) electrons. The van der Waals surface area contributed by atoms with Gasteiger partial charge in [-0.25, -0.2) is 4.98 Å². The van der Waals surface area contributed by atoms with Gasteiger partial charge in [-0.2, -0.15) is 9.97 Å². The van der Waals surface area contributed by atoms with Crippen molar-refractivity contribution in [1.29, 1.82) is 0 Å². The zero-order chi connectivity index (χ0) is 40.5. The molecule has 0 amide bonds. The monoisotopic (exact) mass is 825 g/mol. The first-order chi connectivity index (χ1) is 30.7. The van der Waals surface area contributed by atoms with Gasteiger partial charge in [0.2, 0.25) is 5.95 Å². The Hall–Kier alpha value is -7.71. The number of hydrogen-bond acceptors (Lipinski definition) is 5. The van der Waals surface area contributed by atoms with Gasteiger partial charge in [0.1, 0.15) is 0 Å². The summed E-state index contributed by atoms with van der Waals surface area (Å²) in [6.07, 6.45) is 0. The topological polar surface area (TPSA) is 48.5 Å². The Morgan fingerprint density at radius 1 is 0.339 bits per heavy atom. The van der Waals surface area contributed by atoms with Crippen molar-refractivity contribution in [3.05, 3.63) is 188 Å². The van der Waals surface area contributed by atoms with Gasteiger partial charge in [-0.15, -0.1) is 22.7 Å². The zero-order valence-electron chi connectivity index (χ0n) is 33.0. The van der Waals surface area contributed by atoms with Crippen LogP contribution in [0.4, 0.5) is 0 Å². The van der Waals surface area contributed by atoms with Crippen molar-refractivity contribution in [2.45, 2.75) is 0 Å². The summed E-state index contributed by atoms with van der Waals surface area (Å²) in [5.41, 5.74) is 7.36. The zero-order valence-corrected chi connectivity index (χ0v) is 34.6. The van der Waals surface area contributed by atoms with Crippen LogP contribution in [-0.2, 0) is 0 Å². The molecular formula is C55H31N5S2. The van der Waals surface area contributed by atoms with E-state index in [1.165, 1.54) is 52.5 Å². The second-order valence-corrected chi connectivity index (χ2v) is 18.0. The summed E-state index contributed by atoms with van der Waals surface area (Å²) in [6, 6.07) is 67.7. The van der Waals surface area contributed by atoms with Gasteiger partial charge in [-0.05, 0) is 65.4 Å². The van der Waals surface area contributed by atoms with E-state index in [4.69, 9.17) is 15.0 Å². The Kier molecular flexibility index (Phi) is 7.08. The largest absolute Gasteiger partial charge is 0.308 e. The predicted molar refractivity (Wildman–Crippen MR) is 263 cm³/mol. The number of nitrogens with zero attached hydrogens (tertiary/aromatic N) is 5. The van der Waals surface area contributed by atoms with Gasteiger partial charge in [-0.1, -0.05) is 133 Å². The molecule has 0 atom stereocenters. The molecule has 62 heavy (non-hydrogen) atoms. The third kappa shape index (κ3) is 4.80. The molecule has 14 rings (SSSR count). The summed E-state index contributed by atoms with van der Waals surface area (Å²) in [6.45, 7) is 0. The van der Waals surface area contributed by atoms with Crippen LogP contribution in [0.3, 0.4) is 0 Å². The van der Waals surface area contributed by atoms with Crippen LogP contribution in [0.2, 0.25) is 0 Å². The lowest BCUT2D eigenvalue weighted by atomic mass is 10.0. The van der Waals surface area contributed by atoms with Crippen LogP contribution in [0.15, 0.2) is 188 Å². The van der Waals surface area contributed by atoms with Gasteiger partial charge >= 0.3 is 0 Å². The molecule has 0 N–H and O–H groups in total. The van der Waals surface area contributed by atoms with Crippen molar-refractivity contribution in [3.8, 4) is 34.4 Å². The van der Waals surface area contributed by atoms with Crippen LogP contribution in [0.5, 0.6) is 0 Å². The fourth-order valence-corrected chi connectivity index (χ4v) is 12.3. The molecule has 0 saturated heterocycles. The summed E-state index contributed by atoms with van der Waals surface area (Å²) in [5, 5.41) is 12.0. The van der Waals surface area contributed by atoms with Gasteiger partial charge in [0.15, 0.2) is 11.6 Å². The molecule has 14 aromatic rings. The number of hydrogen-bond donors (Lipinski definition) is 0. The fourth-order valence-electron chi connectivity index (χ4n) is 9.85. The normalized spacial score (nSPS) is 12.2. The first-order valence-corrected chi connectivity index (χ1v) is 22.4. The van der Waals surface area contributed by atoms with Crippen molar-refractivity contribution >= 4 is 117 Å². The quantitative estimate of drug-likeness (QED) is 0.178. The van der Waals surface area contributed by atoms with E-state index in [9.17, 15) is 0 Å². The van der Waals surface area contributed by atoms with Gasteiger partial charge < -0.3 is 4.57 Å². The highest BCUT2D eigenvalue weighted by atomic mass is 32.1. The highest BCUT2D eigenvalue weighted by Gasteiger charge is 2.25. The van der Waals surface area contributed by atoms with E-state index in [2.05, 4.69) is 197 Å². The Bertz CT molecular complexity index is 4130. The predicted octanol–water partition coefficient (Wildman–Crippen LogP) is 15.3. The van der Waals surface area contributed by atoms with Crippen molar-refractivity contribution in [2.75, 3.05) is 0 Å². The second-order valence-electron chi connectivity index (χ2n) is 15.9. The molecule has 0 aliphatic rings. The first kappa shape index (κ1) is 34.0. The maximum Gasteiger partial charge on any atom is 0.238 e. The number of rotatable bonds is 4. The van der Waals surface area contributed by atoms with Crippen LogP contribution in [-0.4, -0.2) is 24.1 Å². The fraction of sp³-hybridized carbons (Fsp3) is 0. The summed E-state index contributed by atoms with van der Waals surface area (Å²) in [4.78, 5) is 16.7. The Labute approximate surface area is 362 Å². The van der Waals surface area contributed by atoms with Crippen LogP contribution < -0.4 is 0 Å². The SMILES string of the molecule is c1ccc2cc3c(cc2c1)c1ccccc1n3-c1ccc2c(sc3ccccc32)c1-c1nc(-c2cccc3c2sc2ccccc23)nc(-n2c3ccccc3c3ccccc32)n1. The van der Waals surface area contributed by atoms with Crippen LogP contribution in [0.1, 0.15) is 0 Å². The number of thiophene rings is 2. The summed E-state index contributed by atoms with van der Waals surface area (Å²) >= 11 is 3.60. The molecule has 0 unspecified atom stereocenters. The molecule has 0 aliphatic carbocycles. The molecule has 0 bridgehead atoms. The van der Waals surface area contributed by atoms with E-state index in [0.29, 0.717) is 17.6 Å². The maximum absolute atomic E-state index is 5.63. The lowest BCUT2D eigenvalue weighted by Gasteiger charge is -2.16. The molecule has 7 heteroatoms. The highest BCUT2D eigenvalue weighted by molar-refractivity contribution is 7.26. The van der Waals surface area contributed by atoms with Crippen LogP contribution in [0.25, 0.3) is 129 Å². The molecule has 0 spiro atoms. The third-order valence-corrected chi connectivity index (χ3v) is 15.0. The van der Waals surface area contributed by atoms with Gasteiger partial charge in [-0.3, -0.25) is 4.57 Å². The molecule has 5 heterocycles. The molecular weight excluding hydrogens is 795 g/mol. The number of fused-ring (bicyclic) bond motifs is 13. The second kappa shape index (κ2) is 12.9. The van der Waals surface area contributed by atoms with E-state index in [1.807, 2.05) is 0 Å². The van der Waals surface area contributed by atoms with Crippen LogP contribution in [0, 0.1) is 0 Å². The molecule has 0 aliphatic heterocycles. The lowest BCUT2D eigenvalue weighted by molar-refractivity contribution is 0.954. The minimum Gasteiger partial charge on any atom is -0.308 e.